The van der Waals surface area contributed by atoms with Crippen LogP contribution in [0.2, 0.25) is 0 Å². The summed E-state index contributed by atoms with van der Waals surface area (Å²) < 4.78 is 5.68. The summed E-state index contributed by atoms with van der Waals surface area (Å²) >= 11 is 0. The fraction of sp³-hybridized carbons (Fsp3) is 0.294. The number of nitrogens with one attached hydrogen (secondary N) is 1. The van der Waals surface area contributed by atoms with Gasteiger partial charge in [-0.25, -0.2) is 0 Å². The zero-order valence-corrected chi connectivity index (χ0v) is 12.7. The van der Waals surface area contributed by atoms with Crippen LogP contribution in [0.15, 0.2) is 48.7 Å². The molecule has 0 saturated heterocycles. The highest BCUT2D eigenvalue weighted by Gasteiger charge is 2.12. The van der Waals surface area contributed by atoms with Gasteiger partial charge in [0.05, 0.1) is 11.7 Å². The van der Waals surface area contributed by atoms with Gasteiger partial charge in [0.15, 0.2) is 0 Å². The number of nitrogens with zero attached hydrogens (tertiary/aromatic N) is 1. The van der Waals surface area contributed by atoms with Crippen molar-refractivity contribution >= 4 is 11.6 Å². The summed E-state index contributed by atoms with van der Waals surface area (Å²) in [5.74, 6) is 0.497. The molecule has 1 amide bonds. The molecule has 0 aliphatic rings. The van der Waals surface area contributed by atoms with E-state index in [1.807, 2.05) is 43.3 Å². The third-order valence-electron chi connectivity index (χ3n) is 3.15. The van der Waals surface area contributed by atoms with Crippen LogP contribution in [0.4, 0.5) is 5.69 Å². The number of hydrogen-bond donors (Lipinski definition) is 2. The Hall–Kier alpha value is -2.40. The first-order chi connectivity index (χ1) is 10.7. The van der Waals surface area contributed by atoms with Gasteiger partial charge in [0.25, 0.3) is 0 Å². The van der Waals surface area contributed by atoms with Crippen molar-refractivity contribution in [2.45, 2.75) is 32.4 Å². The van der Waals surface area contributed by atoms with Crippen molar-refractivity contribution in [2.24, 2.45) is 5.73 Å². The molecule has 5 heteroatoms. The topological polar surface area (TPSA) is 77.2 Å². The van der Waals surface area contributed by atoms with Crippen molar-refractivity contribution in [3.05, 3.63) is 54.4 Å². The second kappa shape index (κ2) is 8.14. The maximum Gasteiger partial charge on any atom is 0.241 e. The molecular formula is C17H21N3O2. The Balaban J connectivity index is 1.93. The summed E-state index contributed by atoms with van der Waals surface area (Å²) in [6, 6.07) is 12.4. The van der Waals surface area contributed by atoms with E-state index in [0.29, 0.717) is 24.5 Å². The molecule has 116 valence electrons. The second-order valence-corrected chi connectivity index (χ2v) is 5.02. The molecule has 0 spiro atoms. The number of rotatable bonds is 7. The molecule has 1 heterocycles. The molecular weight excluding hydrogens is 278 g/mol. The van der Waals surface area contributed by atoms with E-state index < -0.39 is 6.04 Å². The first-order valence-electron chi connectivity index (χ1n) is 7.38. The highest BCUT2D eigenvalue weighted by atomic mass is 16.5. The Morgan fingerprint density at radius 1 is 1.32 bits per heavy atom. The van der Waals surface area contributed by atoms with Crippen LogP contribution in [0.25, 0.3) is 0 Å². The molecule has 0 fully saturated rings. The minimum Gasteiger partial charge on any atom is -0.487 e. The van der Waals surface area contributed by atoms with Crippen LogP contribution in [0.3, 0.4) is 0 Å². The van der Waals surface area contributed by atoms with Gasteiger partial charge in [0, 0.05) is 18.0 Å². The van der Waals surface area contributed by atoms with Crippen molar-refractivity contribution in [2.75, 3.05) is 5.32 Å². The molecule has 0 aliphatic carbocycles. The zero-order chi connectivity index (χ0) is 15.8. The number of pyridine rings is 1. The molecule has 0 saturated carbocycles. The molecule has 1 atom stereocenters. The van der Waals surface area contributed by atoms with E-state index in [1.165, 1.54) is 0 Å². The minimum absolute atomic E-state index is 0.177. The fourth-order valence-corrected chi connectivity index (χ4v) is 1.98. The maximum atomic E-state index is 11.9. The van der Waals surface area contributed by atoms with Gasteiger partial charge in [0.1, 0.15) is 12.4 Å². The second-order valence-electron chi connectivity index (χ2n) is 5.02. The van der Waals surface area contributed by atoms with Gasteiger partial charge in [-0.2, -0.15) is 0 Å². The third-order valence-corrected chi connectivity index (χ3v) is 3.15. The Morgan fingerprint density at radius 3 is 2.91 bits per heavy atom. The monoisotopic (exact) mass is 299 g/mol. The maximum absolute atomic E-state index is 11.9. The van der Waals surface area contributed by atoms with Crippen LogP contribution in [-0.4, -0.2) is 16.9 Å². The van der Waals surface area contributed by atoms with Gasteiger partial charge in [-0.15, -0.1) is 0 Å². The number of amides is 1. The lowest BCUT2D eigenvalue weighted by Crippen LogP contribution is -2.35. The molecule has 1 aromatic carbocycles. The van der Waals surface area contributed by atoms with Crippen LogP contribution in [0.1, 0.15) is 25.5 Å². The average Bonchev–Trinajstić information content (AvgIpc) is 2.54. The van der Waals surface area contributed by atoms with E-state index in [4.69, 9.17) is 10.5 Å². The standard InChI is InChI=1S/C17H21N3O2/c1-2-6-16(18)17(21)20-13-8-5-9-15(11-13)22-12-14-7-3-4-10-19-14/h3-5,7-11,16H,2,6,12,18H2,1H3,(H,20,21). The lowest BCUT2D eigenvalue weighted by Gasteiger charge is -2.12. The lowest BCUT2D eigenvalue weighted by atomic mass is 10.1. The molecule has 2 aromatic rings. The Labute approximate surface area is 130 Å². The summed E-state index contributed by atoms with van der Waals surface area (Å²) in [7, 11) is 0. The normalized spacial score (nSPS) is 11.7. The Kier molecular flexibility index (Phi) is 5.91. The number of aromatic nitrogens is 1. The van der Waals surface area contributed by atoms with Gasteiger partial charge >= 0.3 is 0 Å². The first kappa shape index (κ1) is 16.0. The van der Waals surface area contributed by atoms with E-state index in [2.05, 4.69) is 10.3 Å². The fourth-order valence-electron chi connectivity index (χ4n) is 1.98. The molecule has 1 aromatic heterocycles. The van der Waals surface area contributed by atoms with Gasteiger partial charge in [-0.05, 0) is 30.7 Å². The molecule has 1 unspecified atom stereocenters. The smallest absolute Gasteiger partial charge is 0.241 e. The highest BCUT2D eigenvalue weighted by Crippen LogP contribution is 2.18. The quantitative estimate of drug-likeness (QED) is 0.824. The number of hydrogen-bond acceptors (Lipinski definition) is 4. The SMILES string of the molecule is CCCC(N)C(=O)Nc1cccc(OCc2ccccn2)c1. The summed E-state index contributed by atoms with van der Waals surface area (Å²) in [5, 5.41) is 2.81. The summed E-state index contributed by atoms with van der Waals surface area (Å²) in [6.45, 7) is 2.38. The number of nitrogens with two attached hydrogens (primary N) is 1. The van der Waals surface area contributed by atoms with Crippen LogP contribution in [0.5, 0.6) is 5.75 Å². The average molecular weight is 299 g/mol. The molecule has 5 nitrogen and oxygen atoms in total. The van der Waals surface area contributed by atoms with Crippen molar-refractivity contribution in [3.63, 3.8) is 0 Å². The largest absolute Gasteiger partial charge is 0.487 e. The molecule has 2 rings (SSSR count). The van der Waals surface area contributed by atoms with Gasteiger partial charge in [0.2, 0.25) is 5.91 Å². The molecule has 0 radical (unpaired) electrons. The summed E-state index contributed by atoms with van der Waals surface area (Å²) in [4.78, 5) is 16.1. The first-order valence-corrected chi connectivity index (χ1v) is 7.38. The van der Waals surface area contributed by atoms with E-state index in [1.54, 1.807) is 12.3 Å². The van der Waals surface area contributed by atoms with E-state index >= 15 is 0 Å². The number of carbonyl (C=O) groups is 1. The molecule has 3 N–H and O–H groups in total. The predicted octanol–water partition coefficient (Wildman–Crippen LogP) is 2.73. The number of ether oxygens (including phenoxy) is 1. The minimum atomic E-state index is -0.483. The van der Waals surface area contributed by atoms with Crippen molar-refractivity contribution in [1.82, 2.24) is 4.98 Å². The number of anilines is 1. The van der Waals surface area contributed by atoms with Crippen LogP contribution < -0.4 is 15.8 Å². The van der Waals surface area contributed by atoms with Crippen LogP contribution in [-0.2, 0) is 11.4 Å². The van der Waals surface area contributed by atoms with Crippen molar-refractivity contribution < 1.29 is 9.53 Å². The number of benzene rings is 1. The van der Waals surface area contributed by atoms with Crippen molar-refractivity contribution in [3.8, 4) is 5.75 Å². The molecule has 0 bridgehead atoms. The van der Waals surface area contributed by atoms with E-state index in [-0.39, 0.29) is 5.91 Å². The Morgan fingerprint density at radius 2 is 2.18 bits per heavy atom. The van der Waals surface area contributed by atoms with E-state index in [9.17, 15) is 4.79 Å². The highest BCUT2D eigenvalue weighted by molar-refractivity contribution is 5.94. The molecule has 22 heavy (non-hydrogen) atoms. The van der Waals surface area contributed by atoms with E-state index in [0.717, 1.165) is 12.1 Å². The summed E-state index contributed by atoms with van der Waals surface area (Å²) in [5.41, 5.74) is 7.32. The van der Waals surface area contributed by atoms with Crippen molar-refractivity contribution in [1.29, 1.82) is 0 Å². The van der Waals surface area contributed by atoms with Crippen LogP contribution in [0, 0.1) is 0 Å². The third kappa shape index (κ3) is 4.86. The predicted molar refractivity (Wildman–Crippen MR) is 86.5 cm³/mol. The molecule has 0 aliphatic heterocycles. The van der Waals surface area contributed by atoms with Gasteiger partial charge in [-0.1, -0.05) is 25.5 Å². The summed E-state index contributed by atoms with van der Waals surface area (Å²) in [6.07, 6.45) is 3.27. The van der Waals surface area contributed by atoms with Crippen LogP contribution >= 0.6 is 0 Å². The van der Waals surface area contributed by atoms with Gasteiger partial charge in [-0.3, -0.25) is 9.78 Å². The zero-order valence-electron chi connectivity index (χ0n) is 12.7. The van der Waals surface area contributed by atoms with Gasteiger partial charge < -0.3 is 15.8 Å². The Bertz CT molecular complexity index is 602. The lowest BCUT2D eigenvalue weighted by molar-refractivity contribution is -0.117. The number of carbonyl (C=O) groups excluding carboxylic acids is 1.